The molecule has 0 amide bonds. The van der Waals surface area contributed by atoms with Crippen LogP contribution in [0.2, 0.25) is 0 Å². The van der Waals surface area contributed by atoms with Gasteiger partial charge in [-0.3, -0.25) is 0 Å². The van der Waals surface area contributed by atoms with Gasteiger partial charge in [0.1, 0.15) is 17.6 Å². The lowest BCUT2D eigenvalue weighted by atomic mass is 9.91. The Bertz CT molecular complexity index is 589. The number of methoxy groups -OCH3 is 1. The van der Waals surface area contributed by atoms with Crippen molar-refractivity contribution in [2.45, 2.75) is 44.3 Å². The molecule has 2 rings (SSSR count). The van der Waals surface area contributed by atoms with Crippen LogP contribution < -0.4 is 4.90 Å². The van der Waals surface area contributed by atoms with Crippen LogP contribution in [0.1, 0.15) is 43.9 Å². The Morgan fingerprint density at radius 2 is 2.17 bits per heavy atom. The Labute approximate surface area is 133 Å². The molecule has 7 heteroatoms. The molecule has 1 aromatic heterocycles. The largest absolute Gasteiger partial charge is 0.433 e. The van der Waals surface area contributed by atoms with Crippen LogP contribution >= 0.6 is 0 Å². The molecule has 1 aliphatic rings. The van der Waals surface area contributed by atoms with Crippen molar-refractivity contribution in [2.75, 3.05) is 25.2 Å². The topological polar surface area (TPSA) is 49.1 Å². The van der Waals surface area contributed by atoms with Crippen LogP contribution in [0.25, 0.3) is 0 Å². The van der Waals surface area contributed by atoms with E-state index in [1.165, 1.54) is 6.07 Å². The van der Waals surface area contributed by atoms with Gasteiger partial charge >= 0.3 is 6.18 Å². The van der Waals surface area contributed by atoms with E-state index >= 15 is 0 Å². The summed E-state index contributed by atoms with van der Waals surface area (Å²) in [4.78, 5) is 5.62. The predicted molar refractivity (Wildman–Crippen MR) is 80.0 cm³/mol. The summed E-state index contributed by atoms with van der Waals surface area (Å²) in [6.45, 7) is 3.01. The summed E-state index contributed by atoms with van der Waals surface area (Å²) in [5, 5.41) is 9.27. The zero-order chi connectivity index (χ0) is 17.1. The number of nitrogens with zero attached hydrogens (tertiary/aromatic N) is 3. The first kappa shape index (κ1) is 17.5. The zero-order valence-electron chi connectivity index (χ0n) is 13.3. The van der Waals surface area contributed by atoms with Gasteiger partial charge in [0.05, 0.1) is 17.7 Å². The van der Waals surface area contributed by atoms with E-state index in [0.717, 1.165) is 31.7 Å². The second kappa shape index (κ2) is 6.75. The van der Waals surface area contributed by atoms with Crippen molar-refractivity contribution in [3.05, 3.63) is 23.4 Å². The molecule has 1 atom stereocenters. The number of anilines is 1. The summed E-state index contributed by atoms with van der Waals surface area (Å²) in [5.74, 6) is 0.116. The molecule has 1 aliphatic heterocycles. The smallest absolute Gasteiger partial charge is 0.382 e. The third-order valence-corrected chi connectivity index (χ3v) is 4.27. The minimum absolute atomic E-state index is 0.116. The molecule has 1 fully saturated rings. The van der Waals surface area contributed by atoms with E-state index in [4.69, 9.17) is 4.74 Å². The van der Waals surface area contributed by atoms with Crippen molar-refractivity contribution >= 4 is 5.82 Å². The van der Waals surface area contributed by atoms with Gasteiger partial charge in [-0.15, -0.1) is 0 Å². The Hall–Kier alpha value is -1.81. The van der Waals surface area contributed by atoms with Gasteiger partial charge in [0.15, 0.2) is 0 Å². The van der Waals surface area contributed by atoms with E-state index in [-0.39, 0.29) is 11.4 Å². The van der Waals surface area contributed by atoms with Gasteiger partial charge in [0, 0.05) is 13.7 Å². The predicted octanol–water partition coefficient (Wildman–Crippen LogP) is 3.76. The van der Waals surface area contributed by atoms with Crippen molar-refractivity contribution in [3.8, 4) is 6.07 Å². The van der Waals surface area contributed by atoms with Crippen LogP contribution in [0.3, 0.4) is 0 Å². The van der Waals surface area contributed by atoms with Crippen molar-refractivity contribution in [1.29, 1.82) is 5.26 Å². The summed E-state index contributed by atoms with van der Waals surface area (Å²) < 4.78 is 44.3. The first-order valence-corrected chi connectivity index (χ1v) is 7.63. The molecule has 23 heavy (non-hydrogen) atoms. The SMILES string of the molecule is CCCC1(COC)CCCN1c1nc(C(F)(F)F)ccc1C#N. The molecule has 0 spiro atoms. The number of halogens is 3. The first-order chi connectivity index (χ1) is 10.9. The fraction of sp³-hybridized carbons (Fsp3) is 0.625. The summed E-state index contributed by atoms with van der Waals surface area (Å²) in [7, 11) is 1.58. The van der Waals surface area contributed by atoms with E-state index in [9.17, 15) is 18.4 Å². The second-order valence-corrected chi connectivity index (χ2v) is 5.84. The molecule has 1 unspecified atom stereocenters. The maximum Gasteiger partial charge on any atom is 0.433 e. The molecule has 1 saturated heterocycles. The van der Waals surface area contributed by atoms with Crippen LogP contribution in [0.4, 0.5) is 19.0 Å². The monoisotopic (exact) mass is 327 g/mol. The van der Waals surface area contributed by atoms with Crippen molar-refractivity contribution in [2.24, 2.45) is 0 Å². The molecule has 126 valence electrons. The molecular weight excluding hydrogens is 307 g/mol. The number of alkyl halides is 3. The first-order valence-electron chi connectivity index (χ1n) is 7.63. The van der Waals surface area contributed by atoms with Gasteiger partial charge in [-0.1, -0.05) is 13.3 Å². The van der Waals surface area contributed by atoms with E-state index in [1.807, 2.05) is 17.9 Å². The van der Waals surface area contributed by atoms with E-state index < -0.39 is 17.4 Å². The summed E-state index contributed by atoms with van der Waals surface area (Å²) in [6, 6.07) is 4.02. The number of ether oxygens (including phenoxy) is 1. The lowest BCUT2D eigenvalue weighted by Gasteiger charge is -2.39. The normalized spacial score (nSPS) is 21.5. The zero-order valence-corrected chi connectivity index (χ0v) is 13.3. The van der Waals surface area contributed by atoms with E-state index in [1.54, 1.807) is 7.11 Å². The molecule has 0 bridgehead atoms. The van der Waals surface area contributed by atoms with Gasteiger partial charge in [-0.2, -0.15) is 18.4 Å². The molecule has 0 radical (unpaired) electrons. The highest BCUT2D eigenvalue weighted by molar-refractivity contribution is 5.57. The highest BCUT2D eigenvalue weighted by Crippen LogP contribution is 2.39. The van der Waals surface area contributed by atoms with Gasteiger partial charge in [0.25, 0.3) is 0 Å². The average molecular weight is 327 g/mol. The number of rotatable bonds is 5. The fourth-order valence-corrected chi connectivity index (χ4v) is 3.38. The highest BCUT2D eigenvalue weighted by atomic mass is 19.4. The molecule has 0 saturated carbocycles. The number of hydrogen-bond acceptors (Lipinski definition) is 4. The molecule has 0 aromatic carbocycles. The van der Waals surface area contributed by atoms with E-state index in [2.05, 4.69) is 4.98 Å². The van der Waals surface area contributed by atoms with Crippen LogP contribution in [-0.2, 0) is 10.9 Å². The minimum atomic E-state index is -4.53. The third-order valence-electron chi connectivity index (χ3n) is 4.27. The molecule has 0 N–H and O–H groups in total. The Kier molecular flexibility index (Phi) is 5.15. The molecular formula is C16H20F3N3O. The Morgan fingerprint density at radius 3 is 2.74 bits per heavy atom. The molecule has 0 aliphatic carbocycles. The standard InChI is InChI=1S/C16H20F3N3O/c1-3-7-15(11-23-2)8-4-9-22(15)14-12(10-20)5-6-13(21-14)16(17,18)19/h5-6H,3-4,7-9,11H2,1-2H3. The van der Waals surface area contributed by atoms with Crippen LogP contribution in [0.5, 0.6) is 0 Å². The summed E-state index contributed by atoms with van der Waals surface area (Å²) >= 11 is 0. The molecule has 2 heterocycles. The van der Waals surface area contributed by atoms with Crippen molar-refractivity contribution in [3.63, 3.8) is 0 Å². The number of pyridine rings is 1. The number of hydrogen-bond donors (Lipinski definition) is 0. The maximum absolute atomic E-state index is 13.0. The Morgan fingerprint density at radius 1 is 1.43 bits per heavy atom. The average Bonchev–Trinajstić information content (AvgIpc) is 2.89. The summed E-state index contributed by atoms with van der Waals surface area (Å²) in [5.41, 5.74) is -1.20. The molecule has 4 nitrogen and oxygen atoms in total. The van der Waals surface area contributed by atoms with Gasteiger partial charge in [0.2, 0.25) is 0 Å². The number of aromatic nitrogens is 1. The van der Waals surface area contributed by atoms with E-state index in [0.29, 0.717) is 13.2 Å². The van der Waals surface area contributed by atoms with Gasteiger partial charge < -0.3 is 9.64 Å². The van der Waals surface area contributed by atoms with Crippen molar-refractivity contribution in [1.82, 2.24) is 4.98 Å². The van der Waals surface area contributed by atoms with Crippen LogP contribution in [0, 0.1) is 11.3 Å². The van der Waals surface area contributed by atoms with Gasteiger partial charge in [-0.25, -0.2) is 4.98 Å². The third kappa shape index (κ3) is 3.42. The van der Waals surface area contributed by atoms with Crippen LogP contribution in [-0.4, -0.2) is 30.8 Å². The minimum Gasteiger partial charge on any atom is -0.382 e. The lowest BCUT2D eigenvalue weighted by molar-refractivity contribution is -0.141. The fourth-order valence-electron chi connectivity index (χ4n) is 3.38. The second-order valence-electron chi connectivity index (χ2n) is 5.84. The van der Waals surface area contributed by atoms with Crippen molar-refractivity contribution < 1.29 is 17.9 Å². The lowest BCUT2D eigenvalue weighted by Crippen LogP contribution is -2.48. The quantitative estimate of drug-likeness (QED) is 0.826. The molecule has 1 aromatic rings. The highest BCUT2D eigenvalue weighted by Gasteiger charge is 2.43. The van der Waals surface area contributed by atoms with Gasteiger partial charge in [-0.05, 0) is 31.4 Å². The maximum atomic E-state index is 13.0. The van der Waals surface area contributed by atoms with Crippen LogP contribution in [0.15, 0.2) is 12.1 Å². The summed E-state index contributed by atoms with van der Waals surface area (Å²) in [6.07, 6.45) is -1.22. The number of nitriles is 1. The Balaban J connectivity index is 2.52.